The number of H-pyrrole nitrogens is 1. The average molecular weight is 496 g/mol. The zero-order valence-corrected chi connectivity index (χ0v) is 19.5. The normalized spacial score (nSPS) is 10.7. The van der Waals surface area contributed by atoms with Gasteiger partial charge in [0.1, 0.15) is 5.65 Å². The van der Waals surface area contributed by atoms with Gasteiger partial charge in [-0.1, -0.05) is 48.0 Å². The Balaban J connectivity index is 1.53. The first kappa shape index (κ1) is 23.3. The molecule has 0 saturated heterocycles. The number of nitrogens with one attached hydrogen (secondary N) is 3. The summed E-state index contributed by atoms with van der Waals surface area (Å²) in [5.41, 5.74) is 2.08. The number of fused-ring (bicyclic) bond motifs is 1. The minimum absolute atomic E-state index is 0.143. The molecular weight excluding hydrogens is 477 g/mol. The second-order valence-corrected chi connectivity index (χ2v) is 8.06. The maximum atomic E-state index is 12.7. The smallest absolute Gasteiger partial charge is 0.318 e. The second-order valence-electron chi connectivity index (χ2n) is 7.25. The van der Waals surface area contributed by atoms with Crippen LogP contribution >= 0.6 is 23.2 Å². The standard InChI is InChI=1S/C24H19Cl2N5O3/c1-13(17-9-16-12-28-24(34-2)31-21(16)30-23(17)33)29-20-10-14(7-8-19(20)26)22(32)27-11-15-5-3-4-6-18(15)25/h3-10,12,29H,1,11H2,2H3,(H,27,32)(H,28,30,31,33). The van der Waals surface area contributed by atoms with Crippen LogP contribution in [0.1, 0.15) is 21.5 Å². The largest absolute Gasteiger partial charge is 0.467 e. The van der Waals surface area contributed by atoms with E-state index in [0.717, 1.165) is 5.56 Å². The first-order chi connectivity index (χ1) is 16.4. The van der Waals surface area contributed by atoms with Gasteiger partial charge in [-0.25, -0.2) is 4.98 Å². The van der Waals surface area contributed by atoms with Crippen LogP contribution in [0.25, 0.3) is 16.7 Å². The number of hydrogen-bond acceptors (Lipinski definition) is 6. The first-order valence-electron chi connectivity index (χ1n) is 10.1. The molecule has 0 unspecified atom stereocenters. The van der Waals surface area contributed by atoms with E-state index in [-0.39, 0.29) is 29.7 Å². The van der Waals surface area contributed by atoms with Crippen molar-refractivity contribution in [3.05, 3.63) is 98.4 Å². The van der Waals surface area contributed by atoms with E-state index in [9.17, 15) is 9.59 Å². The molecule has 0 aliphatic carbocycles. The first-order valence-corrected chi connectivity index (χ1v) is 10.8. The molecule has 0 fully saturated rings. The molecule has 2 heterocycles. The highest BCUT2D eigenvalue weighted by atomic mass is 35.5. The predicted molar refractivity (Wildman–Crippen MR) is 133 cm³/mol. The van der Waals surface area contributed by atoms with Crippen LogP contribution in [0.4, 0.5) is 5.69 Å². The fourth-order valence-corrected chi connectivity index (χ4v) is 3.58. The Morgan fingerprint density at radius 1 is 1.15 bits per heavy atom. The number of pyridine rings is 1. The monoisotopic (exact) mass is 495 g/mol. The van der Waals surface area contributed by atoms with Crippen molar-refractivity contribution in [2.75, 3.05) is 12.4 Å². The molecule has 2 aromatic heterocycles. The van der Waals surface area contributed by atoms with Gasteiger partial charge in [-0.2, -0.15) is 4.98 Å². The lowest BCUT2D eigenvalue weighted by Crippen LogP contribution is -2.23. The number of benzene rings is 2. The van der Waals surface area contributed by atoms with Crippen LogP contribution in [0.5, 0.6) is 6.01 Å². The zero-order valence-electron chi connectivity index (χ0n) is 18.0. The molecule has 10 heteroatoms. The number of carbonyl (C=O) groups excluding carboxylic acids is 1. The van der Waals surface area contributed by atoms with Crippen molar-refractivity contribution in [1.29, 1.82) is 0 Å². The SMILES string of the molecule is C=C(Nc1cc(C(=O)NCc2ccccc2Cl)ccc1Cl)c1cc2cnc(OC)nc2[nH]c1=O. The van der Waals surface area contributed by atoms with Crippen LogP contribution in [0, 0.1) is 0 Å². The van der Waals surface area contributed by atoms with Gasteiger partial charge in [0, 0.05) is 34.4 Å². The Morgan fingerprint density at radius 2 is 1.94 bits per heavy atom. The summed E-state index contributed by atoms with van der Waals surface area (Å²) in [5, 5.41) is 7.37. The Bertz CT molecular complexity index is 1470. The number of aromatic amines is 1. The molecule has 8 nitrogen and oxygen atoms in total. The minimum atomic E-state index is -0.407. The Labute approximate surface area is 204 Å². The summed E-state index contributed by atoms with van der Waals surface area (Å²) in [4.78, 5) is 36.1. The lowest BCUT2D eigenvalue weighted by atomic mass is 10.1. The third-order valence-electron chi connectivity index (χ3n) is 4.99. The highest BCUT2D eigenvalue weighted by molar-refractivity contribution is 6.33. The van der Waals surface area contributed by atoms with Crippen molar-refractivity contribution >= 4 is 51.5 Å². The number of nitrogens with zero attached hydrogens (tertiary/aromatic N) is 2. The van der Waals surface area contributed by atoms with Gasteiger partial charge >= 0.3 is 6.01 Å². The van der Waals surface area contributed by atoms with Crippen LogP contribution < -0.4 is 20.9 Å². The van der Waals surface area contributed by atoms with Crippen molar-refractivity contribution < 1.29 is 9.53 Å². The number of methoxy groups -OCH3 is 1. The highest BCUT2D eigenvalue weighted by Crippen LogP contribution is 2.26. The van der Waals surface area contributed by atoms with E-state index in [0.29, 0.717) is 32.3 Å². The fraction of sp³-hybridized carbons (Fsp3) is 0.0833. The van der Waals surface area contributed by atoms with Crippen LogP contribution in [-0.2, 0) is 6.54 Å². The van der Waals surface area contributed by atoms with E-state index < -0.39 is 5.56 Å². The molecule has 1 amide bonds. The molecule has 0 saturated carbocycles. The molecule has 34 heavy (non-hydrogen) atoms. The maximum absolute atomic E-state index is 12.7. The van der Waals surface area contributed by atoms with Gasteiger partial charge in [0.2, 0.25) is 0 Å². The molecule has 4 rings (SSSR count). The van der Waals surface area contributed by atoms with Crippen molar-refractivity contribution in [2.45, 2.75) is 6.54 Å². The lowest BCUT2D eigenvalue weighted by molar-refractivity contribution is 0.0951. The fourth-order valence-electron chi connectivity index (χ4n) is 3.21. The van der Waals surface area contributed by atoms with E-state index in [1.54, 1.807) is 30.3 Å². The van der Waals surface area contributed by atoms with E-state index in [1.807, 2.05) is 18.2 Å². The number of amides is 1. The van der Waals surface area contributed by atoms with Crippen molar-refractivity contribution in [1.82, 2.24) is 20.3 Å². The average Bonchev–Trinajstić information content (AvgIpc) is 2.83. The van der Waals surface area contributed by atoms with Crippen molar-refractivity contribution in [3.8, 4) is 6.01 Å². The third kappa shape index (κ3) is 5.03. The molecule has 0 atom stereocenters. The number of hydrogen-bond donors (Lipinski definition) is 3. The summed E-state index contributed by atoms with van der Waals surface area (Å²) < 4.78 is 4.98. The van der Waals surface area contributed by atoms with Gasteiger partial charge in [-0.15, -0.1) is 0 Å². The molecular formula is C24H19Cl2N5O3. The van der Waals surface area contributed by atoms with Crippen molar-refractivity contribution in [2.24, 2.45) is 0 Å². The summed E-state index contributed by atoms with van der Waals surface area (Å²) in [6.45, 7) is 4.23. The molecule has 0 aliphatic rings. The number of carbonyl (C=O) groups is 1. The van der Waals surface area contributed by atoms with Gasteiger partial charge in [0.05, 0.1) is 23.4 Å². The molecule has 2 aromatic carbocycles. The zero-order chi connectivity index (χ0) is 24.2. The van der Waals surface area contributed by atoms with Crippen LogP contribution in [0.3, 0.4) is 0 Å². The number of ether oxygens (including phenoxy) is 1. The summed E-state index contributed by atoms with van der Waals surface area (Å²) in [5.74, 6) is -0.306. The molecule has 0 aliphatic heterocycles. The Kier molecular flexibility index (Phi) is 6.81. The summed E-state index contributed by atoms with van der Waals surface area (Å²) in [7, 11) is 1.44. The van der Waals surface area contributed by atoms with Gasteiger partial charge in [-0.3, -0.25) is 9.59 Å². The van der Waals surface area contributed by atoms with Crippen LogP contribution in [-0.4, -0.2) is 28.0 Å². The second kappa shape index (κ2) is 9.94. The molecule has 0 radical (unpaired) electrons. The highest BCUT2D eigenvalue weighted by Gasteiger charge is 2.13. The summed E-state index contributed by atoms with van der Waals surface area (Å²) in [6.07, 6.45) is 1.53. The molecule has 0 spiro atoms. The molecule has 172 valence electrons. The Hall–Kier alpha value is -3.88. The Morgan fingerprint density at radius 3 is 2.71 bits per heavy atom. The third-order valence-corrected chi connectivity index (χ3v) is 5.69. The number of aromatic nitrogens is 3. The van der Waals surface area contributed by atoms with Crippen molar-refractivity contribution in [3.63, 3.8) is 0 Å². The van der Waals surface area contributed by atoms with E-state index in [2.05, 4.69) is 32.2 Å². The number of halogens is 2. The summed E-state index contributed by atoms with van der Waals surface area (Å²) in [6, 6.07) is 13.8. The molecule has 3 N–H and O–H groups in total. The van der Waals surface area contributed by atoms with Crippen LogP contribution in [0.2, 0.25) is 10.0 Å². The van der Waals surface area contributed by atoms with Crippen LogP contribution in [0.15, 0.2) is 66.1 Å². The number of anilines is 1. The lowest BCUT2D eigenvalue weighted by Gasteiger charge is -2.13. The van der Waals surface area contributed by atoms with Gasteiger partial charge in [-0.05, 0) is 35.9 Å². The van der Waals surface area contributed by atoms with E-state index in [1.165, 1.54) is 13.3 Å². The molecule has 0 bridgehead atoms. The minimum Gasteiger partial charge on any atom is -0.467 e. The topological polar surface area (TPSA) is 109 Å². The van der Waals surface area contributed by atoms with E-state index >= 15 is 0 Å². The van der Waals surface area contributed by atoms with E-state index in [4.69, 9.17) is 27.9 Å². The van der Waals surface area contributed by atoms with Gasteiger partial charge in [0.25, 0.3) is 11.5 Å². The summed E-state index contributed by atoms with van der Waals surface area (Å²) >= 11 is 12.5. The maximum Gasteiger partial charge on any atom is 0.318 e. The molecule has 4 aromatic rings. The van der Waals surface area contributed by atoms with Gasteiger partial charge in [0.15, 0.2) is 0 Å². The number of rotatable bonds is 7. The van der Waals surface area contributed by atoms with Gasteiger partial charge < -0.3 is 20.4 Å². The predicted octanol–water partition coefficient (Wildman–Crippen LogP) is 4.65. The quantitative estimate of drug-likeness (QED) is 0.344.